The first-order valence-corrected chi connectivity index (χ1v) is 10.3. The van der Waals surface area contributed by atoms with Crippen molar-refractivity contribution in [1.82, 2.24) is 9.80 Å². The number of anilines is 1. The maximum Gasteiger partial charge on any atom is 0.410 e. The molecule has 3 aliphatic heterocycles. The molecule has 0 aromatic heterocycles. The highest BCUT2D eigenvalue weighted by Crippen LogP contribution is 2.54. The van der Waals surface area contributed by atoms with Gasteiger partial charge in [-0.15, -0.1) is 0 Å². The molecule has 0 unspecified atom stereocenters. The number of amides is 3. The van der Waals surface area contributed by atoms with Gasteiger partial charge < -0.3 is 19.7 Å². The van der Waals surface area contributed by atoms with Gasteiger partial charge in [0.1, 0.15) is 24.3 Å². The maximum atomic E-state index is 13.4. The third-order valence-corrected chi connectivity index (χ3v) is 6.49. The number of ether oxygens (including phenoxy) is 2. The molecular weight excluding hydrogens is 398 g/mol. The quantitative estimate of drug-likeness (QED) is 0.819. The molecule has 1 spiro atoms. The molecule has 0 aliphatic carbocycles. The van der Waals surface area contributed by atoms with Crippen molar-refractivity contribution in [3.05, 3.63) is 59.7 Å². The van der Waals surface area contributed by atoms with Crippen molar-refractivity contribution in [1.29, 1.82) is 0 Å². The number of benzene rings is 2. The van der Waals surface area contributed by atoms with Gasteiger partial charge in [-0.05, 0) is 35.7 Å². The second-order valence-electron chi connectivity index (χ2n) is 8.02. The summed E-state index contributed by atoms with van der Waals surface area (Å²) >= 11 is 0. The zero-order valence-corrected chi connectivity index (χ0v) is 17.2. The molecule has 8 nitrogen and oxygen atoms in total. The Hall–Kier alpha value is -3.55. The van der Waals surface area contributed by atoms with Gasteiger partial charge >= 0.3 is 6.09 Å². The largest absolute Gasteiger partial charge is 0.497 e. The lowest BCUT2D eigenvalue weighted by Crippen LogP contribution is -2.45. The van der Waals surface area contributed by atoms with E-state index in [2.05, 4.69) is 5.32 Å². The van der Waals surface area contributed by atoms with Crippen LogP contribution in [0.1, 0.15) is 23.6 Å². The average molecular weight is 421 g/mol. The Labute approximate surface area is 179 Å². The number of likely N-dealkylation sites (tertiary alicyclic amines) is 1. The fourth-order valence-corrected chi connectivity index (χ4v) is 5.05. The first-order chi connectivity index (χ1) is 15.0. The van der Waals surface area contributed by atoms with Gasteiger partial charge in [0.05, 0.1) is 19.7 Å². The van der Waals surface area contributed by atoms with Crippen LogP contribution in [0.25, 0.3) is 0 Å². The van der Waals surface area contributed by atoms with Crippen molar-refractivity contribution in [3.63, 3.8) is 0 Å². The van der Waals surface area contributed by atoms with Crippen LogP contribution in [0.2, 0.25) is 0 Å². The van der Waals surface area contributed by atoms with Crippen LogP contribution in [0.5, 0.6) is 5.75 Å². The lowest BCUT2D eigenvalue weighted by Gasteiger charge is -2.35. The Morgan fingerprint density at radius 3 is 2.81 bits per heavy atom. The summed E-state index contributed by atoms with van der Waals surface area (Å²) in [4.78, 5) is 41.8. The number of carbonyl (C=O) groups excluding carboxylic acids is 3. The number of methoxy groups -OCH3 is 1. The molecule has 0 bridgehead atoms. The van der Waals surface area contributed by atoms with E-state index in [1.54, 1.807) is 12.0 Å². The van der Waals surface area contributed by atoms with Crippen LogP contribution < -0.4 is 10.1 Å². The van der Waals surface area contributed by atoms with Crippen LogP contribution in [0.15, 0.2) is 48.5 Å². The normalized spacial score (nSPS) is 24.4. The minimum Gasteiger partial charge on any atom is -0.497 e. The molecule has 2 atom stereocenters. The smallest absolute Gasteiger partial charge is 0.410 e. The van der Waals surface area contributed by atoms with Crippen LogP contribution in [0, 0.1) is 0 Å². The minimum atomic E-state index is -0.899. The standard InChI is InChI=1S/C23H23N3O5/c1-30-16-6-4-5-15(13-16)20-23(17-7-2-3-8-18(17)24-21(23)28)9-10-26(20)19(27)14-25-11-12-31-22(25)29/h2-8,13,20H,9-12,14H2,1H3,(H,24,28)/t20-,23+/m0/s1. The number of carbonyl (C=O) groups is 3. The minimum absolute atomic E-state index is 0.0708. The Balaban J connectivity index is 1.59. The second-order valence-corrected chi connectivity index (χ2v) is 8.02. The van der Waals surface area contributed by atoms with Crippen LogP contribution >= 0.6 is 0 Å². The molecule has 0 radical (unpaired) electrons. The highest BCUT2D eigenvalue weighted by Gasteiger charge is 2.59. The molecule has 3 heterocycles. The van der Waals surface area contributed by atoms with Crippen molar-refractivity contribution in [2.24, 2.45) is 0 Å². The van der Waals surface area contributed by atoms with Gasteiger partial charge in [-0.2, -0.15) is 0 Å². The van der Waals surface area contributed by atoms with E-state index in [1.807, 2.05) is 48.5 Å². The fourth-order valence-electron chi connectivity index (χ4n) is 5.05. The zero-order valence-electron chi connectivity index (χ0n) is 17.2. The van der Waals surface area contributed by atoms with Crippen molar-refractivity contribution >= 4 is 23.6 Å². The molecule has 31 heavy (non-hydrogen) atoms. The third kappa shape index (κ3) is 2.93. The van der Waals surface area contributed by atoms with Gasteiger partial charge in [0.15, 0.2) is 0 Å². The van der Waals surface area contributed by atoms with E-state index in [1.165, 1.54) is 4.90 Å². The number of fused-ring (bicyclic) bond motifs is 2. The van der Waals surface area contributed by atoms with Gasteiger partial charge in [0, 0.05) is 12.2 Å². The van der Waals surface area contributed by atoms with Crippen molar-refractivity contribution in [3.8, 4) is 5.75 Å². The Bertz CT molecular complexity index is 1070. The summed E-state index contributed by atoms with van der Waals surface area (Å²) in [7, 11) is 1.59. The monoisotopic (exact) mass is 421 g/mol. The topological polar surface area (TPSA) is 88.2 Å². The molecule has 2 saturated heterocycles. The lowest BCUT2D eigenvalue weighted by atomic mass is 9.72. The molecule has 3 aliphatic rings. The van der Waals surface area contributed by atoms with Crippen LogP contribution in [0.4, 0.5) is 10.5 Å². The average Bonchev–Trinajstić information content (AvgIpc) is 3.46. The molecule has 160 valence electrons. The Morgan fingerprint density at radius 1 is 1.19 bits per heavy atom. The predicted octanol–water partition coefficient (Wildman–Crippen LogP) is 2.31. The van der Waals surface area contributed by atoms with E-state index < -0.39 is 17.6 Å². The van der Waals surface area contributed by atoms with Gasteiger partial charge in [-0.1, -0.05) is 30.3 Å². The predicted molar refractivity (Wildman–Crippen MR) is 112 cm³/mol. The fraction of sp³-hybridized carbons (Fsp3) is 0.348. The van der Waals surface area contributed by atoms with Gasteiger partial charge in [0.2, 0.25) is 11.8 Å². The molecule has 2 aromatic rings. The number of cyclic esters (lactones) is 1. The van der Waals surface area contributed by atoms with Gasteiger partial charge in [-0.25, -0.2) is 4.79 Å². The highest BCUT2D eigenvalue weighted by molar-refractivity contribution is 6.07. The first-order valence-electron chi connectivity index (χ1n) is 10.3. The summed E-state index contributed by atoms with van der Waals surface area (Å²) in [5, 5.41) is 3.01. The number of nitrogens with zero attached hydrogens (tertiary/aromatic N) is 2. The van der Waals surface area contributed by atoms with E-state index in [-0.39, 0.29) is 25.0 Å². The molecule has 1 N–H and O–H groups in total. The first kappa shape index (κ1) is 19.4. The van der Waals surface area contributed by atoms with Gasteiger partial charge in [-0.3, -0.25) is 14.5 Å². The van der Waals surface area contributed by atoms with E-state index in [0.717, 1.165) is 16.8 Å². The number of hydrogen-bond acceptors (Lipinski definition) is 5. The number of para-hydroxylation sites is 1. The third-order valence-electron chi connectivity index (χ3n) is 6.49. The maximum absolute atomic E-state index is 13.4. The number of rotatable bonds is 4. The highest BCUT2D eigenvalue weighted by atomic mass is 16.6. The zero-order chi connectivity index (χ0) is 21.6. The summed E-state index contributed by atoms with van der Waals surface area (Å²) < 4.78 is 10.4. The van der Waals surface area contributed by atoms with E-state index >= 15 is 0 Å². The lowest BCUT2D eigenvalue weighted by molar-refractivity contribution is -0.134. The van der Waals surface area contributed by atoms with Crippen molar-refractivity contribution in [2.45, 2.75) is 17.9 Å². The molecule has 5 rings (SSSR count). The Morgan fingerprint density at radius 2 is 2.03 bits per heavy atom. The molecule has 3 amide bonds. The molecular formula is C23H23N3O5. The summed E-state index contributed by atoms with van der Waals surface area (Å²) in [5.41, 5.74) is 1.59. The SMILES string of the molecule is COc1cccc([C@@H]2N(C(=O)CN3CCOC3=O)CC[C@]23C(=O)Nc2ccccc23)c1. The van der Waals surface area contributed by atoms with E-state index in [9.17, 15) is 14.4 Å². The van der Waals surface area contributed by atoms with Crippen LogP contribution in [-0.2, 0) is 19.7 Å². The summed E-state index contributed by atoms with van der Waals surface area (Å²) in [6, 6.07) is 14.6. The summed E-state index contributed by atoms with van der Waals surface area (Å²) in [5.74, 6) is 0.333. The van der Waals surface area contributed by atoms with Crippen LogP contribution in [0.3, 0.4) is 0 Å². The second kappa shape index (κ2) is 7.30. The van der Waals surface area contributed by atoms with Crippen molar-refractivity contribution in [2.75, 3.05) is 38.7 Å². The molecule has 8 heteroatoms. The number of hydrogen-bond donors (Lipinski definition) is 1. The summed E-state index contributed by atoms with van der Waals surface area (Å²) in [6.07, 6.45) is 0.0117. The van der Waals surface area contributed by atoms with E-state index in [0.29, 0.717) is 25.3 Å². The Kier molecular flexibility index (Phi) is 4.57. The van der Waals surface area contributed by atoms with Crippen LogP contribution in [-0.4, -0.2) is 61.1 Å². The molecule has 2 aromatic carbocycles. The molecule has 0 saturated carbocycles. The summed E-state index contributed by atoms with van der Waals surface area (Å²) in [6.45, 7) is 1.01. The van der Waals surface area contributed by atoms with Gasteiger partial charge in [0.25, 0.3) is 0 Å². The number of nitrogens with one attached hydrogen (secondary N) is 1. The van der Waals surface area contributed by atoms with E-state index in [4.69, 9.17) is 9.47 Å². The van der Waals surface area contributed by atoms with Crippen molar-refractivity contribution < 1.29 is 23.9 Å². The molecule has 2 fully saturated rings.